The van der Waals surface area contributed by atoms with Gasteiger partial charge in [0.05, 0.1) is 0 Å². The van der Waals surface area contributed by atoms with E-state index in [9.17, 15) is 0 Å². The van der Waals surface area contributed by atoms with Crippen molar-refractivity contribution in [3.8, 4) is 0 Å². The summed E-state index contributed by atoms with van der Waals surface area (Å²) in [6.45, 7) is 5.94. The molecule has 0 fully saturated rings. The average molecular weight is 200 g/mol. The molecule has 0 aromatic heterocycles. The summed E-state index contributed by atoms with van der Waals surface area (Å²) < 4.78 is 0. The normalized spacial score (nSPS) is 16.7. The number of hydrogen-bond acceptors (Lipinski definition) is 1. The van der Waals surface area contributed by atoms with Gasteiger partial charge in [0.25, 0.3) is 0 Å². The molecule has 1 nitrogen and oxygen atoms in total. The van der Waals surface area contributed by atoms with E-state index in [0.29, 0.717) is 0 Å². The first-order chi connectivity index (χ1) is 3.39. The van der Waals surface area contributed by atoms with Crippen molar-refractivity contribution < 1.29 is 32.7 Å². The van der Waals surface area contributed by atoms with Crippen LogP contribution in [0.25, 0.3) is 0 Å². The Hall–Kier alpha value is 0.674. The van der Waals surface area contributed by atoms with Crippen LogP contribution in [0.2, 0.25) is 0 Å². The third kappa shape index (κ3) is 5.14. The molecule has 51 valence electrons. The molecule has 0 aromatic carbocycles. The van der Waals surface area contributed by atoms with E-state index < -0.39 is 0 Å². The molecule has 0 bridgehead atoms. The summed E-state index contributed by atoms with van der Waals surface area (Å²) in [7, 11) is 0. The summed E-state index contributed by atoms with van der Waals surface area (Å²) in [6, 6.07) is 0. The molecule has 0 aliphatic carbocycles. The zero-order chi connectivity index (χ0) is 5.11. The van der Waals surface area contributed by atoms with E-state index in [4.69, 9.17) is 0 Å². The number of hydrogen-bond donors (Lipinski definition) is 1. The van der Waals surface area contributed by atoms with Crippen LogP contribution in [0.1, 0.15) is 6.42 Å². The summed E-state index contributed by atoms with van der Waals surface area (Å²) >= 11 is 0. The van der Waals surface area contributed by atoms with E-state index in [2.05, 4.69) is 18.3 Å². The van der Waals surface area contributed by atoms with Crippen LogP contribution in [-0.2, 0) is 32.7 Å². The SMILES string of the molecule is [CH2-]C1=CCNCC1.[CH3-].[Y]. The van der Waals surface area contributed by atoms with E-state index in [1.807, 2.05) is 0 Å². The third-order valence-electron chi connectivity index (χ3n) is 1.16. The van der Waals surface area contributed by atoms with Crippen molar-refractivity contribution in [3.05, 3.63) is 26.0 Å². The molecular weight excluding hydrogens is 187 g/mol. The summed E-state index contributed by atoms with van der Waals surface area (Å²) in [5.74, 6) is 0. The molecule has 0 spiro atoms. The summed E-state index contributed by atoms with van der Waals surface area (Å²) in [5, 5.41) is 3.20. The van der Waals surface area contributed by atoms with Gasteiger partial charge in [0.2, 0.25) is 0 Å². The van der Waals surface area contributed by atoms with Crippen LogP contribution in [0.3, 0.4) is 0 Å². The maximum atomic E-state index is 3.82. The van der Waals surface area contributed by atoms with Gasteiger partial charge >= 0.3 is 0 Å². The van der Waals surface area contributed by atoms with Gasteiger partial charge < -0.3 is 12.7 Å². The van der Waals surface area contributed by atoms with Gasteiger partial charge in [-0.3, -0.25) is 0 Å². The summed E-state index contributed by atoms with van der Waals surface area (Å²) in [5.41, 5.74) is 1.28. The predicted octanol–water partition coefficient (Wildman–Crippen LogP) is 1.19. The van der Waals surface area contributed by atoms with Crippen molar-refractivity contribution >= 4 is 0 Å². The van der Waals surface area contributed by atoms with Crippen molar-refractivity contribution in [2.45, 2.75) is 6.42 Å². The zero-order valence-electron chi connectivity index (χ0n) is 5.98. The molecule has 2 heteroatoms. The summed E-state index contributed by atoms with van der Waals surface area (Å²) in [4.78, 5) is 0. The van der Waals surface area contributed by atoms with Crippen LogP contribution >= 0.6 is 0 Å². The topological polar surface area (TPSA) is 12.0 Å². The minimum absolute atomic E-state index is 0. The molecule has 0 saturated heterocycles. The Kier molecular flexibility index (Phi) is 9.32. The van der Waals surface area contributed by atoms with Crippen LogP contribution in [0, 0.1) is 14.4 Å². The predicted molar refractivity (Wildman–Crippen MR) is 37.3 cm³/mol. The van der Waals surface area contributed by atoms with Crippen molar-refractivity contribution in [3.63, 3.8) is 0 Å². The molecule has 1 radical (unpaired) electrons. The van der Waals surface area contributed by atoms with E-state index in [0.717, 1.165) is 19.5 Å². The second-order valence-electron chi connectivity index (χ2n) is 1.82. The smallest absolute Gasteiger partial charge is 0 e. The molecule has 0 atom stereocenters. The van der Waals surface area contributed by atoms with Gasteiger partial charge in [0.1, 0.15) is 0 Å². The fraction of sp³-hybridized carbons (Fsp3) is 0.429. The van der Waals surface area contributed by atoms with E-state index in [1.54, 1.807) is 0 Å². The minimum Gasteiger partial charge on any atom is -0.358 e. The van der Waals surface area contributed by atoms with Gasteiger partial charge in [-0.25, -0.2) is 18.6 Å². The number of rotatable bonds is 0. The molecule has 0 aromatic rings. The molecule has 0 amide bonds. The molecule has 0 unspecified atom stereocenters. The maximum Gasteiger partial charge on any atom is 0 e. The van der Waals surface area contributed by atoms with Gasteiger partial charge in [-0.1, -0.05) is 6.54 Å². The Balaban J connectivity index is 0. The third-order valence-corrected chi connectivity index (χ3v) is 1.16. The first-order valence-corrected chi connectivity index (χ1v) is 2.61. The first kappa shape index (κ1) is 12.4. The van der Waals surface area contributed by atoms with Crippen LogP contribution in [0.5, 0.6) is 0 Å². The van der Waals surface area contributed by atoms with E-state index in [-0.39, 0.29) is 40.1 Å². The Labute approximate surface area is 83.2 Å². The van der Waals surface area contributed by atoms with E-state index >= 15 is 0 Å². The molecule has 0 saturated carbocycles. The summed E-state index contributed by atoms with van der Waals surface area (Å²) in [6.07, 6.45) is 3.25. The largest absolute Gasteiger partial charge is 0.358 e. The fourth-order valence-electron chi connectivity index (χ4n) is 0.670. The minimum atomic E-state index is 0. The van der Waals surface area contributed by atoms with Gasteiger partial charge in [0, 0.05) is 32.7 Å². The molecule has 9 heavy (non-hydrogen) atoms. The Morgan fingerprint density at radius 2 is 2.22 bits per heavy atom. The molecule has 1 aliphatic rings. The Bertz CT molecular complexity index is 88.9. The molecular formula is C7H13NY-2. The van der Waals surface area contributed by atoms with Gasteiger partial charge in [-0.05, 0) is 13.0 Å². The van der Waals surface area contributed by atoms with E-state index in [1.165, 1.54) is 5.57 Å². The van der Waals surface area contributed by atoms with Gasteiger partial charge in [-0.15, -0.1) is 0 Å². The monoisotopic (exact) mass is 200 g/mol. The van der Waals surface area contributed by atoms with Crippen molar-refractivity contribution in [1.29, 1.82) is 0 Å². The van der Waals surface area contributed by atoms with Crippen LogP contribution in [0.4, 0.5) is 0 Å². The Morgan fingerprint density at radius 1 is 1.56 bits per heavy atom. The standard InChI is InChI=1S/C6H10N.CH3.Y/c1-6-2-4-7-5-3-6;;/h2,7H,1,3-5H2;1H3;/q2*-1;. The van der Waals surface area contributed by atoms with Crippen LogP contribution in [0.15, 0.2) is 11.6 Å². The van der Waals surface area contributed by atoms with Crippen LogP contribution in [-0.4, -0.2) is 13.1 Å². The van der Waals surface area contributed by atoms with Gasteiger partial charge in [0.15, 0.2) is 0 Å². The number of nitrogens with one attached hydrogen (secondary N) is 1. The second kappa shape index (κ2) is 6.79. The maximum absolute atomic E-state index is 3.82. The van der Waals surface area contributed by atoms with Crippen molar-refractivity contribution in [2.24, 2.45) is 0 Å². The molecule has 1 rings (SSSR count). The molecule has 1 heterocycles. The first-order valence-electron chi connectivity index (χ1n) is 2.61. The molecule has 1 N–H and O–H groups in total. The second-order valence-corrected chi connectivity index (χ2v) is 1.82. The van der Waals surface area contributed by atoms with Crippen molar-refractivity contribution in [1.82, 2.24) is 5.32 Å². The molecule has 1 aliphatic heterocycles. The quantitative estimate of drug-likeness (QED) is 0.579. The average Bonchev–Trinajstić information content (AvgIpc) is 1.69. The zero-order valence-corrected chi connectivity index (χ0v) is 8.82. The Morgan fingerprint density at radius 3 is 2.44 bits per heavy atom. The van der Waals surface area contributed by atoms with Crippen LogP contribution < -0.4 is 5.32 Å². The fourth-order valence-corrected chi connectivity index (χ4v) is 0.670. The van der Waals surface area contributed by atoms with Gasteiger partial charge in [-0.2, -0.15) is 0 Å². The van der Waals surface area contributed by atoms with Crippen molar-refractivity contribution in [2.75, 3.05) is 13.1 Å².